The fraction of sp³-hybridized carbons (Fsp3) is 0.559. The van der Waals surface area contributed by atoms with Gasteiger partial charge < -0.3 is 10.2 Å². The zero-order valence-corrected chi connectivity index (χ0v) is 23.6. The van der Waals surface area contributed by atoms with Gasteiger partial charge in [0.05, 0.1) is 0 Å². The highest BCUT2D eigenvalue weighted by Crippen LogP contribution is 2.50. The van der Waals surface area contributed by atoms with Gasteiger partial charge in [-0.1, -0.05) is 96.6 Å². The fourth-order valence-electron chi connectivity index (χ4n) is 6.97. The fourth-order valence-corrected chi connectivity index (χ4v) is 6.97. The molecule has 0 spiro atoms. The molecule has 0 saturated heterocycles. The second-order valence-corrected chi connectivity index (χ2v) is 12.1. The van der Waals surface area contributed by atoms with Crippen molar-refractivity contribution in [3.8, 4) is 11.5 Å². The molecule has 2 N–H and O–H groups in total. The SMILES string of the molecule is C=N/C=C/C(c1cc(CC)cc(C2(C)CCCCC2)c1O)c1cc(CC)cc(C2(C)CCCCC2)c1O. The van der Waals surface area contributed by atoms with Crippen molar-refractivity contribution in [3.05, 3.63) is 69.9 Å². The first-order chi connectivity index (χ1) is 17.8. The first kappa shape index (κ1) is 27.5. The number of nitrogens with zero attached hydrogens (tertiary/aromatic N) is 1. The van der Waals surface area contributed by atoms with Gasteiger partial charge in [-0.05, 0) is 67.2 Å². The number of benzene rings is 2. The molecule has 200 valence electrons. The van der Waals surface area contributed by atoms with Gasteiger partial charge in [-0.3, -0.25) is 4.99 Å². The summed E-state index contributed by atoms with van der Waals surface area (Å²) in [6, 6.07) is 8.74. The summed E-state index contributed by atoms with van der Waals surface area (Å²) in [6.45, 7) is 12.7. The van der Waals surface area contributed by atoms with Crippen molar-refractivity contribution < 1.29 is 10.2 Å². The molecule has 2 aromatic rings. The number of rotatable bonds is 8. The molecule has 2 aliphatic rings. The molecule has 37 heavy (non-hydrogen) atoms. The summed E-state index contributed by atoms with van der Waals surface area (Å²) >= 11 is 0. The van der Waals surface area contributed by atoms with Crippen LogP contribution in [0.5, 0.6) is 11.5 Å². The van der Waals surface area contributed by atoms with E-state index in [1.165, 1.54) is 49.7 Å². The predicted molar refractivity (Wildman–Crippen MR) is 156 cm³/mol. The van der Waals surface area contributed by atoms with Crippen LogP contribution in [-0.2, 0) is 23.7 Å². The van der Waals surface area contributed by atoms with Gasteiger partial charge in [-0.2, -0.15) is 0 Å². The van der Waals surface area contributed by atoms with Gasteiger partial charge in [0.25, 0.3) is 0 Å². The average molecular weight is 502 g/mol. The molecule has 4 rings (SSSR count). The molecule has 3 heteroatoms. The Kier molecular flexibility index (Phi) is 8.51. The Labute approximate surface area is 224 Å². The van der Waals surface area contributed by atoms with Crippen LogP contribution >= 0.6 is 0 Å². The lowest BCUT2D eigenvalue weighted by Gasteiger charge is -2.37. The van der Waals surface area contributed by atoms with Crippen LogP contribution in [0.1, 0.15) is 131 Å². The minimum absolute atomic E-state index is 0.0265. The quantitative estimate of drug-likeness (QED) is 0.355. The van der Waals surface area contributed by atoms with Gasteiger partial charge in [0.15, 0.2) is 0 Å². The molecule has 0 radical (unpaired) electrons. The van der Waals surface area contributed by atoms with Crippen LogP contribution in [0.3, 0.4) is 0 Å². The van der Waals surface area contributed by atoms with Crippen molar-refractivity contribution in [2.75, 3.05) is 0 Å². The molecule has 0 aliphatic heterocycles. The van der Waals surface area contributed by atoms with E-state index in [4.69, 9.17) is 0 Å². The molecule has 0 aromatic heterocycles. The molecule has 3 nitrogen and oxygen atoms in total. The van der Waals surface area contributed by atoms with Gasteiger partial charge in [0.2, 0.25) is 0 Å². The van der Waals surface area contributed by atoms with Crippen LogP contribution in [0.25, 0.3) is 0 Å². The second-order valence-electron chi connectivity index (χ2n) is 12.1. The van der Waals surface area contributed by atoms with Crippen molar-refractivity contribution in [1.29, 1.82) is 0 Å². The highest BCUT2D eigenvalue weighted by molar-refractivity contribution is 5.58. The Bertz CT molecular complexity index is 1050. The zero-order chi connectivity index (χ0) is 26.6. The van der Waals surface area contributed by atoms with E-state index in [2.05, 4.69) is 63.7 Å². The van der Waals surface area contributed by atoms with Crippen LogP contribution in [0.15, 0.2) is 41.5 Å². The summed E-state index contributed by atoms with van der Waals surface area (Å²) < 4.78 is 0. The number of phenolic OH excluding ortho intramolecular Hbond substituents is 2. The summed E-state index contributed by atoms with van der Waals surface area (Å²) in [7, 11) is 0. The maximum atomic E-state index is 11.9. The average Bonchev–Trinajstić information content (AvgIpc) is 2.91. The highest BCUT2D eigenvalue weighted by Gasteiger charge is 2.36. The van der Waals surface area contributed by atoms with Gasteiger partial charge in [-0.25, -0.2) is 0 Å². The van der Waals surface area contributed by atoms with Gasteiger partial charge >= 0.3 is 0 Å². The molecule has 0 heterocycles. The van der Waals surface area contributed by atoms with Crippen molar-refractivity contribution in [1.82, 2.24) is 0 Å². The predicted octanol–water partition coefficient (Wildman–Crippen LogP) is 9.01. The molecule has 0 amide bonds. The molecule has 2 fully saturated rings. The van der Waals surface area contributed by atoms with Crippen LogP contribution < -0.4 is 0 Å². The summed E-state index contributed by atoms with van der Waals surface area (Å²) in [5, 5.41) is 23.8. The number of aryl methyl sites for hydroxylation is 2. The maximum Gasteiger partial charge on any atom is 0.123 e. The molecular weight excluding hydrogens is 454 g/mol. The Morgan fingerprint density at radius 3 is 1.51 bits per heavy atom. The first-order valence-corrected chi connectivity index (χ1v) is 14.6. The minimum Gasteiger partial charge on any atom is -0.507 e. The highest BCUT2D eigenvalue weighted by atomic mass is 16.3. The van der Waals surface area contributed by atoms with E-state index in [9.17, 15) is 10.2 Å². The van der Waals surface area contributed by atoms with Gasteiger partial charge in [0, 0.05) is 34.4 Å². The number of aromatic hydroxyl groups is 2. The number of aliphatic imine (C=N–C) groups is 1. The van der Waals surface area contributed by atoms with E-state index < -0.39 is 0 Å². The largest absolute Gasteiger partial charge is 0.507 e. The molecular formula is C34H47NO2. The van der Waals surface area contributed by atoms with Crippen LogP contribution in [-0.4, -0.2) is 16.9 Å². The van der Waals surface area contributed by atoms with E-state index in [-0.39, 0.29) is 16.7 Å². The smallest absolute Gasteiger partial charge is 0.123 e. The topological polar surface area (TPSA) is 52.8 Å². The molecule has 2 saturated carbocycles. The van der Waals surface area contributed by atoms with Crippen LogP contribution in [0.2, 0.25) is 0 Å². The Hall–Kier alpha value is -2.55. The third-order valence-corrected chi connectivity index (χ3v) is 9.48. The maximum absolute atomic E-state index is 11.9. The van der Waals surface area contributed by atoms with Crippen molar-refractivity contribution in [3.63, 3.8) is 0 Å². The molecule has 2 aromatic carbocycles. The number of hydrogen-bond acceptors (Lipinski definition) is 3. The van der Waals surface area contributed by atoms with Crippen LogP contribution in [0, 0.1) is 0 Å². The Morgan fingerprint density at radius 1 is 0.757 bits per heavy atom. The summed E-state index contributed by atoms with van der Waals surface area (Å²) in [4.78, 5) is 4.03. The van der Waals surface area contributed by atoms with Gasteiger partial charge in [-0.15, -0.1) is 0 Å². The van der Waals surface area contributed by atoms with Crippen molar-refractivity contribution >= 4 is 6.72 Å². The third-order valence-electron chi connectivity index (χ3n) is 9.48. The van der Waals surface area contributed by atoms with Crippen molar-refractivity contribution in [2.45, 2.75) is 121 Å². The molecule has 0 atom stereocenters. The summed E-state index contributed by atoms with van der Waals surface area (Å²) in [6.07, 6.45) is 17.2. The minimum atomic E-state index is -0.305. The number of hydrogen-bond donors (Lipinski definition) is 2. The monoisotopic (exact) mass is 501 g/mol. The van der Waals surface area contributed by atoms with Crippen molar-refractivity contribution in [2.24, 2.45) is 4.99 Å². The Morgan fingerprint density at radius 2 is 1.16 bits per heavy atom. The normalized spacial score (nSPS) is 19.4. The molecule has 0 bridgehead atoms. The molecule has 0 unspecified atom stereocenters. The lowest BCUT2D eigenvalue weighted by molar-refractivity contribution is 0.306. The van der Waals surface area contributed by atoms with Gasteiger partial charge in [0.1, 0.15) is 11.5 Å². The van der Waals surface area contributed by atoms with E-state index in [0.29, 0.717) is 11.5 Å². The second kappa shape index (κ2) is 11.5. The Balaban J connectivity index is 1.94. The van der Waals surface area contributed by atoms with E-state index >= 15 is 0 Å². The standard InChI is InChI=1S/C34H47NO2/c1-6-24-20-27(31(36)29(22-24)33(3)15-10-8-11-16-33)26(14-19-35-5)28-21-25(7-2)23-30(32(28)37)34(4)17-12-9-13-18-34/h14,19-23,26,36-37H,5-13,15-18H2,1-4H3/b19-14+. The molecule has 2 aliphatic carbocycles. The first-order valence-electron chi connectivity index (χ1n) is 14.6. The van der Waals surface area contributed by atoms with Crippen LogP contribution in [0.4, 0.5) is 0 Å². The van der Waals surface area contributed by atoms with E-state index in [0.717, 1.165) is 60.8 Å². The number of phenols is 2. The van der Waals surface area contributed by atoms with E-state index in [1.54, 1.807) is 6.20 Å². The number of allylic oxidation sites excluding steroid dienone is 1. The summed E-state index contributed by atoms with van der Waals surface area (Å²) in [5.41, 5.74) is 6.26. The zero-order valence-electron chi connectivity index (χ0n) is 23.6. The summed E-state index contributed by atoms with van der Waals surface area (Å²) in [5.74, 6) is 0.458. The van der Waals surface area contributed by atoms with E-state index in [1.807, 2.05) is 6.08 Å². The third kappa shape index (κ3) is 5.52. The lowest BCUT2D eigenvalue weighted by Crippen LogP contribution is -2.26. The lowest BCUT2D eigenvalue weighted by atomic mass is 9.68.